The van der Waals surface area contributed by atoms with Gasteiger partial charge in [0, 0.05) is 5.92 Å². The smallest absolute Gasteiger partial charge is 0.0123 e. The topological polar surface area (TPSA) is 0 Å². The quantitative estimate of drug-likeness (QED) is 0.111. The third-order valence-corrected chi connectivity index (χ3v) is 13.1. The molecule has 0 aromatic heterocycles. The van der Waals surface area contributed by atoms with Gasteiger partial charge in [0.05, 0.1) is 0 Å². The fraction of sp³-hybridized carbons (Fsp3) is 0.520. The van der Waals surface area contributed by atoms with Gasteiger partial charge >= 0.3 is 0 Å². The highest BCUT2D eigenvalue weighted by molar-refractivity contribution is 5.42. The Labute approximate surface area is 305 Å². The van der Waals surface area contributed by atoms with Gasteiger partial charge in [-0.25, -0.2) is 0 Å². The molecule has 0 spiro atoms. The number of unbranched alkanes of at least 4 members (excludes halogenated alkanes) is 7. The van der Waals surface area contributed by atoms with Gasteiger partial charge in [-0.2, -0.15) is 0 Å². The second-order valence-corrected chi connectivity index (χ2v) is 16.5. The molecule has 1 fully saturated rings. The van der Waals surface area contributed by atoms with E-state index < -0.39 is 0 Å². The molecule has 4 aromatic rings. The summed E-state index contributed by atoms with van der Waals surface area (Å²) >= 11 is 0. The first-order chi connectivity index (χ1) is 24.8. The largest absolute Gasteiger partial charge is 0.0620 e. The lowest BCUT2D eigenvalue weighted by Crippen LogP contribution is -2.32. The Morgan fingerprint density at radius 3 is 1.72 bits per heavy atom. The molecule has 0 bridgehead atoms. The van der Waals surface area contributed by atoms with Crippen molar-refractivity contribution in [3.8, 4) is 0 Å². The van der Waals surface area contributed by atoms with E-state index in [1.807, 2.05) is 0 Å². The normalized spacial score (nSPS) is 21.8. The number of aryl methyl sites for hydroxylation is 4. The van der Waals surface area contributed by atoms with Gasteiger partial charge < -0.3 is 0 Å². The summed E-state index contributed by atoms with van der Waals surface area (Å²) in [5.74, 6) is 3.07. The molecule has 50 heavy (non-hydrogen) atoms. The molecule has 3 aliphatic rings. The van der Waals surface area contributed by atoms with Gasteiger partial charge in [0.15, 0.2) is 0 Å². The highest BCUT2D eigenvalue weighted by atomic mass is 14.4. The van der Waals surface area contributed by atoms with E-state index in [1.165, 1.54) is 158 Å². The molecular weight excluding hydrogens is 601 g/mol. The fourth-order valence-corrected chi connectivity index (χ4v) is 10.2. The molecular formula is C50H64. The van der Waals surface area contributed by atoms with Crippen LogP contribution in [0.1, 0.15) is 165 Å². The molecule has 0 aliphatic heterocycles. The lowest BCUT2D eigenvalue weighted by atomic mass is 9.62. The van der Waals surface area contributed by atoms with Gasteiger partial charge in [-0.05, 0) is 139 Å². The molecule has 0 amide bonds. The first-order valence-electron chi connectivity index (χ1n) is 21.1. The van der Waals surface area contributed by atoms with Gasteiger partial charge in [-0.3, -0.25) is 0 Å². The van der Waals surface area contributed by atoms with Crippen LogP contribution in [-0.4, -0.2) is 0 Å². The van der Waals surface area contributed by atoms with E-state index in [2.05, 4.69) is 97.1 Å². The summed E-state index contributed by atoms with van der Waals surface area (Å²) < 4.78 is 0. The summed E-state index contributed by atoms with van der Waals surface area (Å²) in [7, 11) is 0. The highest BCUT2D eigenvalue weighted by Gasteiger charge is 2.38. The first kappa shape index (κ1) is 35.3. The van der Waals surface area contributed by atoms with E-state index >= 15 is 0 Å². The molecule has 0 saturated heterocycles. The number of hydrogen-bond donors (Lipinski definition) is 0. The minimum absolute atomic E-state index is 0.606. The summed E-state index contributed by atoms with van der Waals surface area (Å²) in [6, 6.07) is 38.2. The van der Waals surface area contributed by atoms with Crippen LogP contribution >= 0.6 is 0 Å². The van der Waals surface area contributed by atoms with E-state index in [9.17, 15) is 0 Å². The van der Waals surface area contributed by atoms with Crippen LogP contribution in [0.4, 0.5) is 0 Å². The Kier molecular flexibility index (Phi) is 13.0. The van der Waals surface area contributed by atoms with Crippen LogP contribution in [0.15, 0.2) is 97.1 Å². The number of hydrogen-bond acceptors (Lipinski definition) is 0. The maximum absolute atomic E-state index is 2.49. The molecule has 1 saturated carbocycles. The Morgan fingerprint density at radius 2 is 1.00 bits per heavy atom. The SMILES string of the molecule is c1ccc2c(c1)CCCCCC2CCc1ccc(CCCCCCCCCCc2ccc(C3c4ccccc4CC4CCCCC43)cc2)cc1. The monoisotopic (exact) mass is 665 g/mol. The third-order valence-electron chi connectivity index (χ3n) is 13.1. The molecule has 0 nitrogen and oxygen atoms in total. The molecule has 0 heterocycles. The van der Waals surface area contributed by atoms with Gasteiger partial charge in [0.2, 0.25) is 0 Å². The van der Waals surface area contributed by atoms with Crippen LogP contribution in [0.2, 0.25) is 0 Å². The van der Waals surface area contributed by atoms with E-state index in [1.54, 1.807) is 27.8 Å². The van der Waals surface area contributed by atoms with E-state index in [4.69, 9.17) is 0 Å². The van der Waals surface area contributed by atoms with Crippen molar-refractivity contribution in [1.82, 2.24) is 0 Å². The van der Waals surface area contributed by atoms with Crippen molar-refractivity contribution in [3.63, 3.8) is 0 Å². The van der Waals surface area contributed by atoms with Crippen LogP contribution < -0.4 is 0 Å². The van der Waals surface area contributed by atoms with E-state index in [0.29, 0.717) is 5.92 Å². The van der Waals surface area contributed by atoms with Gasteiger partial charge in [0.25, 0.3) is 0 Å². The highest BCUT2D eigenvalue weighted by Crippen LogP contribution is 2.49. The fourth-order valence-electron chi connectivity index (χ4n) is 10.2. The molecule has 0 radical (unpaired) electrons. The second-order valence-electron chi connectivity index (χ2n) is 16.5. The minimum atomic E-state index is 0.606. The van der Waals surface area contributed by atoms with Crippen molar-refractivity contribution >= 4 is 0 Å². The second kappa shape index (κ2) is 18.4. The number of benzene rings is 4. The molecule has 4 unspecified atom stereocenters. The van der Waals surface area contributed by atoms with Crippen LogP contribution in [0.25, 0.3) is 0 Å². The third kappa shape index (κ3) is 9.40. The zero-order valence-corrected chi connectivity index (χ0v) is 31.1. The average Bonchev–Trinajstić information content (AvgIpc) is 3.15. The van der Waals surface area contributed by atoms with Gasteiger partial charge in [-0.15, -0.1) is 0 Å². The number of rotatable bonds is 15. The molecule has 7 rings (SSSR count). The summed E-state index contributed by atoms with van der Waals surface area (Å²) in [5, 5.41) is 0. The average molecular weight is 665 g/mol. The Balaban J connectivity index is 0.753. The maximum Gasteiger partial charge on any atom is 0.0123 e. The Hall–Kier alpha value is -3.12. The molecule has 0 N–H and O–H groups in total. The lowest BCUT2D eigenvalue weighted by Gasteiger charge is -2.43. The minimum Gasteiger partial charge on any atom is -0.0620 e. The van der Waals surface area contributed by atoms with Crippen molar-refractivity contribution in [3.05, 3.63) is 142 Å². The van der Waals surface area contributed by atoms with E-state index in [0.717, 1.165) is 17.8 Å². The van der Waals surface area contributed by atoms with Crippen molar-refractivity contribution in [2.24, 2.45) is 11.8 Å². The summed E-state index contributed by atoms with van der Waals surface area (Å²) in [6.45, 7) is 0. The molecule has 3 aliphatic carbocycles. The molecule has 4 aromatic carbocycles. The summed E-state index contributed by atoms with van der Waals surface area (Å²) in [5.41, 5.74) is 12.6. The predicted octanol–water partition coefficient (Wildman–Crippen LogP) is 13.9. The Bertz CT molecular complexity index is 1580. The van der Waals surface area contributed by atoms with Crippen molar-refractivity contribution in [2.45, 2.75) is 153 Å². The standard InChI is InChI=1S/C50H64/c1(3-5-8-18-39-28-30-41(31-29-39)32-35-43-21-11-7-10-20-42-22-12-15-25-47(42)43)2-4-6-9-19-40-33-36-44(37-34-40)50-48-26-16-13-23-45(48)38-46-24-14-17-27-49(46)50/h12-13,15-16,22-23,25-26,28-31,33-34,36-37,43,46,49-50H,1-11,14,17-21,24,27,32,35,38H2. The van der Waals surface area contributed by atoms with E-state index in [-0.39, 0.29) is 0 Å². The molecule has 4 atom stereocenters. The lowest BCUT2D eigenvalue weighted by molar-refractivity contribution is 0.199. The van der Waals surface area contributed by atoms with Crippen LogP contribution in [-0.2, 0) is 32.1 Å². The summed E-state index contributed by atoms with van der Waals surface area (Å²) in [6.07, 6.45) is 29.8. The van der Waals surface area contributed by atoms with Crippen LogP contribution in [0, 0.1) is 11.8 Å². The Morgan fingerprint density at radius 1 is 0.440 bits per heavy atom. The summed E-state index contributed by atoms with van der Waals surface area (Å²) in [4.78, 5) is 0. The van der Waals surface area contributed by atoms with Gasteiger partial charge in [0.1, 0.15) is 0 Å². The van der Waals surface area contributed by atoms with Gasteiger partial charge in [-0.1, -0.05) is 161 Å². The molecule has 264 valence electrons. The molecule has 0 heteroatoms. The van der Waals surface area contributed by atoms with Crippen molar-refractivity contribution in [1.29, 1.82) is 0 Å². The van der Waals surface area contributed by atoms with Crippen LogP contribution in [0.5, 0.6) is 0 Å². The zero-order valence-electron chi connectivity index (χ0n) is 31.1. The van der Waals surface area contributed by atoms with Crippen molar-refractivity contribution < 1.29 is 0 Å². The predicted molar refractivity (Wildman–Crippen MR) is 214 cm³/mol. The first-order valence-corrected chi connectivity index (χ1v) is 21.1. The maximum atomic E-state index is 2.49. The zero-order chi connectivity index (χ0) is 33.8. The van der Waals surface area contributed by atoms with Crippen LogP contribution in [0.3, 0.4) is 0 Å². The number of fused-ring (bicyclic) bond motifs is 3. The van der Waals surface area contributed by atoms with Crippen molar-refractivity contribution in [2.75, 3.05) is 0 Å².